The zero-order chi connectivity index (χ0) is 12.3. The van der Waals surface area contributed by atoms with Gasteiger partial charge < -0.3 is 10.2 Å². The first-order valence-electron chi connectivity index (χ1n) is 5.93. The maximum atomic E-state index is 12.0. The molecule has 92 valence electrons. The smallest absolute Gasteiger partial charge is 0.248 e. The van der Waals surface area contributed by atoms with Crippen LogP contribution >= 0.6 is 0 Å². The van der Waals surface area contributed by atoms with Crippen molar-refractivity contribution in [3.05, 3.63) is 0 Å². The molecule has 0 aromatic heterocycles. The summed E-state index contributed by atoms with van der Waals surface area (Å²) in [5.41, 5.74) is -0.743. The number of hydrogen-bond donors (Lipinski definition) is 1. The van der Waals surface area contributed by atoms with Crippen LogP contribution in [0.1, 0.15) is 40.5 Å². The highest BCUT2D eigenvalue weighted by Gasteiger charge is 2.38. The molecule has 0 spiro atoms. The number of piperazine rings is 1. The van der Waals surface area contributed by atoms with Crippen LogP contribution in [0.5, 0.6) is 0 Å². The number of carbonyl (C=O) groups is 2. The minimum atomic E-state index is -0.743. The Kier molecular flexibility index (Phi) is 3.94. The zero-order valence-corrected chi connectivity index (χ0v) is 10.7. The van der Waals surface area contributed by atoms with E-state index >= 15 is 0 Å². The Morgan fingerprint density at radius 3 is 2.56 bits per heavy atom. The first-order chi connectivity index (χ1) is 7.33. The van der Waals surface area contributed by atoms with Crippen LogP contribution in [0.3, 0.4) is 0 Å². The van der Waals surface area contributed by atoms with Gasteiger partial charge in [-0.15, -0.1) is 0 Å². The van der Waals surface area contributed by atoms with Gasteiger partial charge in [-0.25, -0.2) is 0 Å². The van der Waals surface area contributed by atoms with Gasteiger partial charge in [-0.1, -0.05) is 13.8 Å². The number of nitrogens with one attached hydrogen (secondary N) is 1. The predicted octanol–water partition coefficient (Wildman–Crippen LogP) is 1.16. The lowest BCUT2D eigenvalue weighted by molar-refractivity contribution is -0.148. The van der Waals surface area contributed by atoms with E-state index in [9.17, 15) is 9.59 Å². The molecule has 1 N–H and O–H groups in total. The van der Waals surface area contributed by atoms with Crippen LogP contribution in [0.4, 0.5) is 0 Å². The average molecular weight is 226 g/mol. The van der Waals surface area contributed by atoms with Crippen LogP contribution in [-0.4, -0.2) is 35.3 Å². The average Bonchev–Trinajstić information content (AvgIpc) is 2.11. The summed E-state index contributed by atoms with van der Waals surface area (Å²) in [7, 11) is 0. The number of hydrogen-bond acceptors (Lipinski definition) is 2. The van der Waals surface area contributed by atoms with E-state index in [0.717, 1.165) is 12.8 Å². The fourth-order valence-corrected chi connectivity index (χ4v) is 1.95. The Labute approximate surface area is 97.4 Å². The number of carbonyl (C=O) groups excluding carboxylic acids is 2. The number of amides is 2. The Morgan fingerprint density at radius 2 is 2.00 bits per heavy atom. The SMILES string of the molecule is CC(C)CCCN1CC(=O)NC(C)(C)C1=O. The molecule has 0 bridgehead atoms. The van der Waals surface area contributed by atoms with E-state index in [4.69, 9.17) is 0 Å². The second-order valence-corrected chi connectivity index (χ2v) is 5.44. The van der Waals surface area contributed by atoms with E-state index < -0.39 is 5.54 Å². The van der Waals surface area contributed by atoms with Crippen LogP contribution in [0.2, 0.25) is 0 Å². The molecule has 1 heterocycles. The van der Waals surface area contributed by atoms with Crippen LogP contribution < -0.4 is 5.32 Å². The fraction of sp³-hybridized carbons (Fsp3) is 0.833. The van der Waals surface area contributed by atoms with E-state index in [1.54, 1.807) is 18.7 Å². The minimum Gasteiger partial charge on any atom is -0.341 e. The van der Waals surface area contributed by atoms with E-state index in [2.05, 4.69) is 19.2 Å². The minimum absolute atomic E-state index is 0.0239. The molecular formula is C12H22N2O2. The lowest BCUT2D eigenvalue weighted by Gasteiger charge is -2.37. The summed E-state index contributed by atoms with van der Waals surface area (Å²) in [5.74, 6) is 0.603. The molecule has 0 aromatic carbocycles. The van der Waals surface area contributed by atoms with E-state index in [-0.39, 0.29) is 18.4 Å². The third-order valence-corrected chi connectivity index (χ3v) is 2.82. The summed E-state index contributed by atoms with van der Waals surface area (Å²) in [5, 5.41) is 2.70. The van der Waals surface area contributed by atoms with Gasteiger partial charge in [-0.05, 0) is 32.6 Å². The lowest BCUT2D eigenvalue weighted by atomic mass is 10.00. The van der Waals surface area contributed by atoms with Crippen LogP contribution in [0.15, 0.2) is 0 Å². The summed E-state index contributed by atoms with van der Waals surface area (Å²) in [4.78, 5) is 25.1. The van der Waals surface area contributed by atoms with E-state index in [1.165, 1.54) is 0 Å². The van der Waals surface area contributed by atoms with Gasteiger partial charge in [-0.2, -0.15) is 0 Å². The van der Waals surface area contributed by atoms with Gasteiger partial charge in [0.25, 0.3) is 0 Å². The topological polar surface area (TPSA) is 49.4 Å². The third kappa shape index (κ3) is 3.22. The van der Waals surface area contributed by atoms with Crippen molar-refractivity contribution in [2.75, 3.05) is 13.1 Å². The highest BCUT2D eigenvalue weighted by molar-refractivity contribution is 5.97. The largest absolute Gasteiger partial charge is 0.341 e. The summed E-state index contributed by atoms with van der Waals surface area (Å²) in [6, 6.07) is 0. The van der Waals surface area contributed by atoms with Gasteiger partial charge in [0.15, 0.2) is 0 Å². The second kappa shape index (κ2) is 4.85. The molecule has 16 heavy (non-hydrogen) atoms. The molecule has 1 saturated heterocycles. The summed E-state index contributed by atoms with van der Waals surface area (Å²) in [6.45, 7) is 8.72. The molecule has 0 atom stereocenters. The molecular weight excluding hydrogens is 204 g/mol. The molecule has 1 aliphatic rings. The molecule has 0 saturated carbocycles. The molecule has 1 fully saturated rings. The molecule has 2 amide bonds. The second-order valence-electron chi connectivity index (χ2n) is 5.44. The molecule has 4 nitrogen and oxygen atoms in total. The van der Waals surface area contributed by atoms with Crippen molar-refractivity contribution < 1.29 is 9.59 Å². The predicted molar refractivity (Wildman–Crippen MR) is 62.9 cm³/mol. The highest BCUT2D eigenvalue weighted by atomic mass is 16.2. The summed E-state index contributed by atoms with van der Waals surface area (Å²) in [6.07, 6.45) is 2.05. The van der Waals surface area contributed by atoms with Crippen molar-refractivity contribution >= 4 is 11.8 Å². The summed E-state index contributed by atoms with van der Waals surface area (Å²) >= 11 is 0. The summed E-state index contributed by atoms with van der Waals surface area (Å²) < 4.78 is 0. The lowest BCUT2D eigenvalue weighted by Crippen LogP contribution is -2.63. The standard InChI is InChI=1S/C12H22N2O2/c1-9(2)6-5-7-14-8-10(15)13-12(3,4)11(14)16/h9H,5-8H2,1-4H3,(H,13,15). The molecule has 1 aliphatic heterocycles. The number of rotatable bonds is 4. The quantitative estimate of drug-likeness (QED) is 0.782. The normalized spacial score (nSPS) is 20.2. The monoisotopic (exact) mass is 226 g/mol. The van der Waals surface area contributed by atoms with Crippen molar-refractivity contribution in [2.45, 2.75) is 46.1 Å². The van der Waals surface area contributed by atoms with Gasteiger partial charge in [0.05, 0.1) is 6.54 Å². The Morgan fingerprint density at radius 1 is 1.38 bits per heavy atom. The third-order valence-electron chi connectivity index (χ3n) is 2.82. The van der Waals surface area contributed by atoms with Gasteiger partial charge in [0.1, 0.15) is 5.54 Å². The molecule has 0 aliphatic carbocycles. The van der Waals surface area contributed by atoms with Crippen LogP contribution in [0.25, 0.3) is 0 Å². The van der Waals surface area contributed by atoms with Crippen molar-refractivity contribution in [1.82, 2.24) is 10.2 Å². The van der Waals surface area contributed by atoms with Gasteiger partial charge >= 0.3 is 0 Å². The Bertz CT molecular complexity index is 285. The Balaban J connectivity index is 2.52. The first-order valence-corrected chi connectivity index (χ1v) is 5.93. The maximum Gasteiger partial charge on any atom is 0.248 e. The molecule has 4 heteroatoms. The van der Waals surface area contributed by atoms with E-state index in [1.807, 2.05) is 0 Å². The van der Waals surface area contributed by atoms with Crippen molar-refractivity contribution in [2.24, 2.45) is 5.92 Å². The van der Waals surface area contributed by atoms with Crippen LogP contribution in [-0.2, 0) is 9.59 Å². The Hall–Kier alpha value is -1.06. The van der Waals surface area contributed by atoms with Gasteiger partial charge in [0.2, 0.25) is 11.8 Å². The molecule has 1 rings (SSSR count). The van der Waals surface area contributed by atoms with Gasteiger partial charge in [0, 0.05) is 6.54 Å². The molecule has 0 aromatic rings. The molecule has 0 radical (unpaired) electrons. The highest BCUT2D eigenvalue weighted by Crippen LogP contribution is 2.14. The van der Waals surface area contributed by atoms with E-state index in [0.29, 0.717) is 12.5 Å². The van der Waals surface area contributed by atoms with Crippen LogP contribution in [0, 0.1) is 5.92 Å². The maximum absolute atomic E-state index is 12.0. The zero-order valence-electron chi connectivity index (χ0n) is 10.7. The van der Waals surface area contributed by atoms with Crippen molar-refractivity contribution in [3.63, 3.8) is 0 Å². The fourth-order valence-electron chi connectivity index (χ4n) is 1.95. The molecule has 0 unspecified atom stereocenters. The van der Waals surface area contributed by atoms with Crippen molar-refractivity contribution in [3.8, 4) is 0 Å². The first kappa shape index (κ1) is 13.0. The van der Waals surface area contributed by atoms with Crippen molar-refractivity contribution in [1.29, 1.82) is 0 Å². The van der Waals surface area contributed by atoms with Gasteiger partial charge in [-0.3, -0.25) is 9.59 Å². The number of nitrogens with zero attached hydrogens (tertiary/aromatic N) is 1.